The Hall–Kier alpha value is -2.03. The maximum absolute atomic E-state index is 12.9. The maximum Gasteiger partial charge on any atom is 0.255 e. The van der Waals surface area contributed by atoms with Crippen molar-refractivity contribution < 1.29 is 19.1 Å². The number of halogens is 1. The van der Waals surface area contributed by atoms with E-state index in [1.807, 2.05) is 4.90 Å². The van der Waals surface area contributed by atoms with Crippen molar-refractivity contribution in [2.24, 2.45) is 0 Å². The summed E-state index contributed by atoms with van der Waals surface area (Å²) in [5.41, 5.74) is 6.52. The lowest BCUT2D eigenvalue weighted by Gasteiger charge is -2.38. The topological polar surface area (TPSA) is 97.1 Å². The van der Waals surface area contributed by atoms with E-state index in [0.29, 0.717) is 35.0 Å². The van der Waals surface area contributed by atoms with Crippen LogP contribution >= 0.6 is 11.6 Å². The smallest absolute Gasteiger partial charge is 0.255 e. The number of anilines is 1. The monoisotopic (exact) mass is 452 g/mol. The molecule has 2 aliphatic rings. The molecule has 172 valence electrons. The Balaban J connectivity index is 1.51. The molecule has 2 aliphatic heterocycles. The Kier molecular flexibility index (Phi) is 8.40. The summed E-state index contributed by atoms with van der Waals surface area (Å²) in [5, 5.41) is 3.37. The van der Waals surface area contributed by atoms with E-state index in [4.69, 9.17) is 26.8 Å². The van der Waals surface area contributed by atoms with Gasteiger partial charge in [0.1, 0.15) is 5.75 Å². The molecule has 0 spiro atoms. The lowest BCUT2D eigenvalue weighted by molar-refractivity contribution is -0.130. The summed E-state index contributed by atoms with van der Waals surface area (Å²) in [6, 6.07) is 2.96. The summed E-state index contributed by atoms with van der Waals surface area (Å²) in [6.45, 7) is 4.20. The highest BCUT2D eigenvalue weighted by Gasteiger charge is 2.31. The molecule has 8 nitrogen and oxygen atoms in total. The first-order valence-electron chi connectivity index (χ1n) is 10.9. The van der Waals surface area contributed by atoms with Crippen LogP contribution in [0.15, 0.2) is 12.1 Å². The molecule has 1 aromatic carbocycles. The third-order valence-electron chi connectivity index (χ3n) is 6.15. The number of ether oxygens (including phenoxy) is 2. The molecule has 0 aliphatic carbocycles. The van der Waals surface area contributed by atoms with Crippen molar-refractivity contribution in [2.45, 2.75) is 44.2 Å². The van der Waals surface area contributed by atoms with E-state index < -0.39 is 0 Å². The van der Waals surface area contributed by atoms with Crippen molar-refractivity contribution in [3.63, 3.8) is 0 Å². The second-order valence-corrected chi connectivity index (χ2v) is 8.62. The first-order chi connectivity index (χ1) is 14.9. The molecule has 0 aromatic heterocycles. The number of benzene rings is 1. The Morgan fingerprint density at radius 2 is 1.97 bits per heavy atom. The molecule has 1 aromatic rings. The van der Waals surface area contributed by atoms with E-state index in [1.54, 1.807) is 13.2 Å². The molecule has 0 radical (unpaired) electrons. The highest BCUT2D eigenvalue weighted by Crippen LogP contribution is 2.29. The molecule has 2 saturated heterocycles. The molecule has 0 saturated carbocycles. The average molecular weight is 453 g/mol. The fraction of sp³-hybridized carbons (Fsp3) is 0.636. The van der Waals surface area contributed by atoms with Crippen LogP contribution in [0.3, 0.4) is 0 Å². The lowest BCUT2D eigenvalue weighted by atomic mass is 10.0. The number of nitrogens with zero attached hydrogens (tertiary/aromatic N) is 2. The third-order valence-corrected chi connectivity index (χ3v) is 6.48. The number of nitrogen functional groups attached to an aromatic ring is 1. The van der Waals surface area contributed by atoms with Crippen molar-refractivity contribution in [3.8, 4) is 5.75 Å². The normalized spacial score (nSPS) is 21.8. The average Bonchev–Trinajstić information content (AvgIpc) is 3.31. The standard InChI is InChI=1S/C22H33ClN4O4/c1-30-19-13-17(24)16(23)12-15(19)22(29)25-18-7-11-26(14-20(18)31-2)8-5-6-21(28)27-9-3-4-10-27/h12-13,18,20H,3-11,14,24H2,1-2H3,(H,25,29)/t18-,20-/m1/s1. The van der Waals surface area contributed by atoms with E-state index in [2.05, 4.69) is 10.2 Å². The van der Waals surface area contributed by atoms with Crippen LogP contribution in [-0.2, 0) is 9.53 Å². The molecule has 0 unspecified atom stereocenters. The van der Waals surface area contributed by atoms with Gasteiger partial charge in [-0.05, 0) is 38.3 Å². The number of nitrogens with one attached hydrogen (secondary N) is 1. The Bertz CT molecular complexity index is 785. The molecular formula is C22H33ClN4O4. The highest BCUT2D eigenvalue weighted by atomic mass is 35.5. The Morgan fingerprint density at radius 3 is 2.65 bits per heavy atom. The predicted octanol–water partition coefficient (Wildman–Crippen LogP) is 2.15. The summed E-state index contributed by atoms with van der Waals surface area (Å²) in [4.78, 5) is 29.4. The third kappa shape index (κ3) is 6.02. The van der Waals surface area contributed by atoms with Crippen LogP contribution in [0.4, 0.5) is 5.69 Å². The number of amides is 2. The Labute approximate surface area is 189 Å². The quantitative estimate of drug-likeness (QED) is 0.586. The summed E-state index contributed by atoms with van der Waals surface area (Å²) in [5.74, 6) is 0.378. The van der Waals surface area contributed by atoms with Gasteiger partial charge in [0.25, 0.3) is 5.91 Å². The number of carbonyl (C=O) groups excluding carboxylic acids is 2. The van der Waals surface area contributed by atoms with Crippen molar-refractivity contribution in [1.82, 2.24) is 15.1 Å². The van der Waals surface area contributed by atoms with Gasteiger partial charge < -0.3 is 30.3 Å². The zero-order chi connectivity index (χ0) is 22.4. The van der Waals surface area contributed by atoms with E-state index in [0.717, 1.165) is 51.9 Å². The molecule has 3 rings (SSSR count). The van der Waals surface area contributed by atoms with Gasteiger partial charge in [0.05, 0.1) is 35.5 Å². The highest BCUT2D eigenvalue weighted by molar-refractivity contribution is 6.33. The number of piperidine rings is 1. The van der Waals surface area contributed by atoms with Gasteiger partial charge in [0, 0.05) is 45.8 Å². The SMILES string of the molecule is COc1cc(N)c(Cl)cc1C(=O)N[C@@H]1CCN(CCCC(=O)N2CCCC2)C[C@H]1OC. The molecule has 2 atom stereocenters. The molecule has 0 bridgehead atoms. The number of hydrogen-bond donors (Lipinski definition) is 2. The molecule has 9 heteroatoms. The van der Waals surface area contributed by atoms with Crippen LogP contribution in [0.2, 0.25) is 5.02 Å². The van der Waals surface area contributed by atoms with Gasteiger partial charge >= 0.3 is 0 Å². The molecule has 31 heavy (non-hydrogen) atoms. The minimum Gasteiger partial charge on any atom is -0.496 e. The second kappa shape index (κ2) is 11.0. The Morgan fingerprint density at radius 1 is 1.23 bits per heavy atom. The van der Waals surface area contributed by atoms with Crippen molar-refractivity contribution >= 4 is 29.1 Å². The van der Waals surface area contributed by atoms with Crippen LogP contribution in [0.1, 0.15) is 42.5 Å². The summed E-state index contributed by atoms with van der Waals surface area (Å²) in [7, 11) is 3.15. The van der Waals surface area contributed by atoms with Gasteiger partial charge in [0.2, 0.25) is 5.91 Å². The van der Waals surface area contributed by atoms with Gasteiger partial charge in [0.15, 0.2) is 0 Å². The fourth-order valence-electron chi connectivity index (χ4n) is 4.33. The molecule has 3 N–H and O–H groups in total. The van der Waals surface area contributed by atoms with Crippen molar-refractivity contribution in [2.75, 3.05) is 52.7 Å². The fourth-order valence-corrected chi connectivity index (χ4v) is 4.49. The van der Waals surface area contributed by atoms with Gasteiger partial charge in [-0.3, -0.25) is 9.59 Å². The van der Waals surface area contributed by atoms with Crippen molar-refractivity contribution in [3.05, 3.63) is 22.7 Å². The number of hydrogen-bond acceptors (Lipinski definition) is 6. The van der Waals surface area contributed by atoms with Crippen molar-refractivity contribution in [1.29, 1.82) is 0 Å². The maximum atomic E-state index is 12.9. The van der Waals surface area contributed by atoms with Gasteiger partial charge in [-0.2, -0.15) is 0 Å². The van der Waals surface area contributed by atoms with Gasteiger partial charge in [-0.15, -0.1) is 0 Å². The molecular weight excluding hydrogens is 420 g/mol. The van der Waals surface area contributed by atoms with E-state index >= 15 is 0 Å². The van der Waals surface area contributed by atoms with Gasteiger partial charge in [-0.1, -0.05) is 11.6 Å². The molecule has 2 amide bonds. The van der Waals surface area contributed by atoms with E-state index in [-0.39, 0.29) is 24.0 Å². The van der Waals surface area contributed by atoms with E-state index in [1.165, 1.54) is 13.2 Å². The second-order valence-electron chi connectivity index (χ2n) is 8.21. The number of nitrogens with two attached hydrogens (primary N) is 1. The minimum atomic E-state index is -0.268. The first-order valence-corrected chi connectivity index (χ1v) is 11.3. The largest absolute Gasteiger partial charge is 0.496 e. The zero-order valence-electron chi connectivity index (χ0n) is 18.4. The van der Waals surface area contributed by atoms with Crippen LogP contribution in [-0.4, -0.2) is 80.7 Å². The number of rotatable bonds is 8. The predicted molar refractivity (Wildman–Crippen MR) is 121 cm³/mol. The summed E-state index contributed by atoms with van der Waals surface area (Å²) in [6.07, 6.45) is 4.29. The molecule has 2 fully saturated rings. The lowest BCUT2D eigenvalue weighted by Crippen LogP contribution is -2.55. The number of carbonyl (C=O) groups is 2. The zero-order valence-corrected chi connectivity index (χ0v) is 19.1. The summed E-state index contributed by atoms with van der Waals surface area (Å²) < 4.78 is 11.0. The van der Waals surface area contributed by atoms with Crippen LogP contribution in [0, 0.1) is 0 Å². The van der Waals surface area contributed by atoms with Crippen LogP contribution < -0.4 is 15.8 Å². The van der Waals surface area contributed by atoms with E-state index in [9.17, 15) is 9.59 Å². The number of methoxy groups -OCH3 is 2. The van der Waals surface area contributed by atoms with Crippen LogP contribution in [0.25, 0.3) is 0 Å². The summed E-state index contributed by atoms with van der Waals surface area (Å²) >= 11 is 6.10. The minimum absolute atomic E-state index is 0.124. The van der Waals surface area contributed by atoms with Gasteiger partial charge in [-0.25, -0.2) is 0 Å². The molecule has 2 heterocycles. The van der Waals surface area contributed by atoms with Crippen LogP contribution in [0.5, 0.6) is 5.75 Å². The number of likely N-dealkylation sites (tertiary alicyclic amines) is 2. The first kappa shape index (κ1) is 23.6.